The van der Waals surface area contributed by atoms with Crippen molar-refractivity contribution in [3.05, 3.63) is 52.5 Å². The molecule has 6 nitrogen and oxygen atoms in total. The molecule has 0 saturated heterocycles. The molecule has 2 aromatic heterocycles. The number of aromatic nitrogens is 4. The molecule has 0 radical (unpaired) electrons. The number of nitrogens with zero attached hydrogens (tertiary/aromatic N) is 4. The zero-order chi connectivity index (χ0) is 16.9. The highest BCUT2D eigenvalue weighted by atomic mass is 79.9. The van der Waals surface area contributed by atoms with Gasteiger partial charge in [0.1, 0.15) is 18.8 Å². The first kappa shape index (κ1) is 16.9. The van der Waals surface area contributed by atoms with E-state index in [0.29, 0.717) is 0 Å². The van der Waals surface area contributed by atoms with Gasteiger partial charge < -0.3 is 9.32 Å². The molecule has 3 aromatic rings. The normalized spacial score (nSPS) is 12.5. The average molecular weight is 391 g/mol. The van der Waals surface area contributed by atoms with Crippen molar-refractivity contribution in [2.75, 3.05) is 7.05 Å². The molecule has 2 heterocycles. The van der Waals surface area contributed by atoms with Crippen LogP contribution >= 0.6 is 15.9 Å². The Kier molecular flexibility index (Phi) is 5.42. The summed E-state index contributed by atoms with van der Waals surface area (Å²) in [5.41, 5.74) is 1.08. The first-order valence-electron chi connectivity index (χ1n) is 8.06. The smallest absolute Gasteiger partial charge is 0.206 e. The number of tetrazole rings is 1. The summed E-state index contributed by atoms with van der Waals surface area (Å²) in [6, 6.07) is 12.2. The Labute approximate surface area is 149 Å². The lowest BCUT2D eigenvalue weighted by atomic mass is 10.2. The first-order valence-corrected chi connectivity index (χ1v) is 8.86. The minimum Gasteiger partial charge on any atom is -0.455 e. The fraction of sp³-hybridized carbons (Fsp3) is 0.353. The van der Waals surface area contributed by atoms with Crippen molar-refractivity contribution < 1.29 is 9.32 Å². The van der Waals surface area contributed by atoms with Gasteiger partial charge in [-0.25, -0.2) is 4.68 Å². The standard InChI is InChI=1S/C17H20BrN5O/c1-3-10-23-17(19-20-21-23)12-22(2)11-15-8-9-16(24-15)13-4-6-14(18)7-5-13/h4-9H,3,10-12H2,1-2H3/p+1. The van der Waals surface area contributed by atoms with Crippen LogP contribution in [0.2, 0.25) is 0 Å². The minimum absolute atomic E-state index is 0.765. The van der Waals surface area contributed by atoms with Crippen LogP contribution in [0, 0.1) is 0 Å². The summed E-state index contributed by atoms with van der Waals surface area (Å²) in [7, 11) is 2.12. The van der Waals surface area contributed by atoms with E-state index in [-0.39, 0.29) is 0 Å². The Balaban J connectivity index is 1.63. The molecule has 3 rings (SSSR count). The number of benzene rings is 1. The summed E-state index contributed by atoms with van der Waals surface area (Å²) in [5, 5.41) is 11.9. The largest absolute Gasteiger partial charge is 0.455 e. The van der Waals surface area contributed by atoms with E-state index in [1.54, 1.807) is 0 Å². The third-order valence-electron chi connectivity index (χ3n) is 3.77. The van der Waals surface area contributed by atoms with Gasteiger partial charge in [0, 0.05) is 16.6 Å². The Hall–Kier alpha value is -1.99. The molecule has 1 aromatic carbocycles. The van der Waals surface area contributed by atoms with Crippen LogP contribution in [0.15, 0.2) is 45.3 Å². The maximum absolute atomic E-state index is 5.98. The Bertz CT molecular complexity index is 780. The molecular weight excluding hydrogens is 370 g/mol. The van der Waals surface area contributed by atoms with Gasteiger partial charge in [0.2, 0.25) is 5.82 Å². The van der Waals surface area contributed by atoms with Gasteiger partial charge in [0.15, 0.2) is 5.76 Å². The van der Waals surface area contributed by atoms with E-state index < -0.39 is 0 Å². The van der Waals surface area contributed by atoms with Crippen LogP contribution < -0.4 is 4.90 Å². The summed E-state index contributed by atoms with van der Waals surface area (Å²) < 4.78 is 8.92. The summed E-state index contributed by atoms with van der Waals surface area (Å²) in [4.78, 5) is 1.28. The highest BCUT2D eigenvalue weighted by Gasteiger charge is 2.14. The van der Waals surface area contributed by atoms with Crippen molar-refractivity contribution in [2.24, 2.45) is 0 Å². The molecule has 0 aliphatic heterocycles. The van der Waals surface area contributed by atoms with Crippen LogP contribution in [0.3, 0.4) is 0 Å². The number of nitrogens with one attached hydrogen (secondary N) is 1. The van der Waals surface area contributed by atoms with Crippen LogP contribution in [0.25, 0.3) is 11.3 Å². The number of aryl methyl sites for hydroxylation is 1. The van der Waals surface area contributed by atoms with Gasteiger partial charge in [0.05, 0.1) is 7.05 Å². The monoisotopic (exact) mass is 390 g/mol. The Morgan fingerprint density at radius 3 is 2.67 bits per heavy atom. The van der Waals surface area contributed by atoms with E-state index in [1.165, 1.54) is 4.90 Å². The quantitative estimate of drug-likeness (QED) is 0.672. The number of halogens is 1. The molecular formula is C17H21BrN5O+. The van der Waals surface area contributed by atoms with Crippen molar-refractivity contribution in [1.29, 1.82) is 0 Å². The second kappa shape index (κ2) is 7.72. The van der Waals surface area contributed by atoms with Crippen LogP contribution in [-0.4, -0.2) is 27.3 Å². The number of quaternary nitrogens is 1. The van der Waals surface area contributed by atoms with Crippen molar-refractivity contribution >= 4 is 15.9 Å². The van der Waals surface area contributed by atoms with Crippen LogP contribution in [0.5, 0.6) is 0 Å². The Morgan fingerprint density at radius 1 is 1.12 bits per heavy atom. The second-order valence-electron chi connectivity index (χ2n) is 5.90. The highest BCUT2D eigenvalue weighted by Crippen LogP contribution is 2.23. The Morgan fingerprint density at radius 2 is 1.92 bits per heavy atom. The van der Waals surface area contributed by atoms with E-state index in [1.807, 2.05) is 41.1 Å². The summed E-state index contributed by atoms with van der Waals surface area (Å²) in [6.07, 6.45) is 1.02. The molecule has 0 saturated carbocycles. The van der Waals surface area contributed by atoms with Gasteiger partial charge >= 0.3 is 0 Å². The number of hydrogen-bond donors (Lipinski definition) is 1. The van der Waals surface area contributed by atoms with Crippen molar-refractivity contribution in [1.82, 2.24) is 20.2 Å². The second-order valence-corrected chi connectivity index (χ2v) is 6.82. The van der Waals surface area contributed by atoms with E-state index in [0.717, 1.165) is 53.4 Å². The molecule has 0 fully saturated rings. The lowest BCUT2D eigenvalue weighted by molar-refractivity contribution is -0.909. The van der Waals surface area contributed by atoms with Crippen molar-refractivity contribution in [2.45, 2.75) is 33.0 Å². The van der Waals surface area contributed by atoms with E-state index in [9.17, 15) is 0 Å². The maximum atomic E-state index is 5.98. The fourth-order valence-electron chi connectivity index (χ4n) is 2.61. The number of furan rings is 1. The van der Waals surface area contributed by atoms with Crippen molar-refractivity contribution in [3.63, 3.8) is 0 Å². The van der Waals surface area contributed by atoms with Crippen LogP contribution in [0.4, 0.5) is 0 Å². The third-order valence-corrected chi connectivity index (χ3v) is 4.30. The van der Waals surface area contributed by atoms with Crippen LogP contribution in [-0.2, 0) is 19.6 Å². The molecule has 1 atom stereocenters. The van der Waals surface area contributed by atoms with Gasteiger partial charge in [-0.3, -0.25) is 0 Å². The first-order chi connectivity index (χ1) is 11.7. The zero-order valence-electron chi connectivity index (χ0n) is 13.9. The van der Waals surface area contributed by atoms with Crippen molar-refractivity contribution in [3.8, 4) is 11.3 Å². The van der Waals surface area contributed by atoms with Gasteiger partial charge in [-0.1, -0.05) is 35.0 Å². The molecule has 0 amide bonds. The summed E-state index contributed by atoms with van der Waals surface area (Å²) >= 11 is 3.45. The van der Waals surface area contributed by atoms with E-state index in [2.05, 4.69) is 45.4 Å². The minimum atomic E-state index is 0.765. The predicted molar refractivity (Wildman–Crippen MR) is 94.2 cm³/mol. The summed E-state index contributed by atoms with van der Waals surface area (Å²) in [5.74, 6) is 2.76. The molecule has 0 aliphatic carbocycles. The SMILES string of the molecule is CCCn1nnnc1C[NH+](C)Cc1ccc(-c2ccc(Br)cc2)o1. The predicted octanol–water partition coefficient (Wildman–Crippen LogP) is 2.32. The number of hydrogen-bond acceptors (Lipinski definition) is 4. The topological polar surface area (TPSA) is 61.2 Å². The van der Waals surface area contributed by atoms with Gasteiger partial charge in [0.25, 0.3) is 0 Å². The van der Waals surface area contributed by atoms with Gasteiger partial charge in [-0.2, -0.15) is 0 Å². The molecule has 24 heavy (non-hydrogen) atoms. The maximum Gasteiger partial charge on any atom is 0.206 e. The van der Waals surface area contributed by atoms with Gasteiger partial charge in [-0.15, -0.1) is 5.10 Å². The summed E-state index contributed by atoms with van der Waals surface area (Å²) in [6.45, 7) is 4.52. The fourth-order valence-corrected chi connectivity index (χ4v) is 2.87. The lowest BCUT2D eigenvalue weighted by Gasteiger charge is -2.11. The molecule has 1 unspecified atom stereocenters. The molecule has 0 bridgehead atoms. The van der Waals surface area contributed by atoms with E-state index in [4.69, 9.17) is 4.42 Å². The lowest BCUT2D eigenvalue weighted by Crippen LogP contribution is -3.06. The van der Waals surface area contributed by atoms with Crippen LogP contribution in [0.1, 0.15) is 24.9 Å². The molecule has 0 spiro atoms. The third kappa shape index (κ3) is 4.10. The average Bonchev–Trinajstić information content (AvgIpc) is 3.19. The molecule has 126 valence electrons. The highest BCUT2D eigenvalue weighted by molar-refractivity contribution is 9.10. The molecule has 7 heteroatoms. The zero-order valence-corrected chi connectivity index (χ0v) is 15.5. The molecule has 1 N–H and O–H groups in total. The van der Waals surface area contributed by atoms with Gasteiger partial charge in [-0.05, 0) is 41.1 Å². The van der Waals surface area contributed by atoms with E-state index >= 15 is 0 Å². The molecule has 0 aliphatic rings. The number of rotatable bonds is 7.